The Balaban J connectivity index is 1.58. The molecule has 0 aromatic carbocycles. The Hall–Kier alpha value is -0.860. The number of ether oxygens (including phenoxy) is 1. The van der Waals surface area contributed by atoms with E-state index in [1.165, 1.54) is 51.4 Å². The first-order chi connectivity index (χ1) is 11.7. The van der Waals surface area contributed by atoms with Gasteiger partial charge in [-0.2, -0.15) is 0 Å². The Morgan fingerprint density at radius 2 is 1.62 bits per heavy atom. The van der Waals surface area contributed by atoms with Gasteiger partial charge in [0, 0.05) is 6.04 Å². The van der Waals surface area contributed by atoms with Gasteiger partial charge in [0.05, 0.1) is 5.92 Å². The van der Waals surface area contributed by atoms with Crippen molar-refractivity contribution in [3.05, 3.63) is 0 Å². The Labute approximate surface area is 148 Å². The number of nitrogens with zero attached hydrogens (tertiary/aromatic N) is 1. The van der Waals surface area contributed by atoms with Gasteiger partial charge < -0.3 is 4.74 Å². The number of carbonyl (C=O) groups is 1. The minimum Gasteiger partial charge on any atom is -0.462 e. The zero-order valence-corrected chi connectivity index (χ0v) is 15.7. The molecule has 0 bridgehead atoms. The summed E-state index contributed by atoms with van der Waals surface area (Å²) in [5.74, 6) is 1.09. The summed E-state index contributed by atoms with van der Waals surface area (Å²) in [6.07, 6.45) is 16.8. The summed E-state index contributed by atoms with van der Waals surface area (Å²) in [5.41, 5.74) is 0. The molecule has 2 fully saturated rings. The monoisotopic (exact) mass is 335 g/mol. The molecular weight excluding hydrogens is 298 g/mol. The maximum absolute atomic E-state index is 12.4. The van der Waals surface area contributed by atoms with Gasteiger partial charge >= 0.3 is 5.97 Å². The molecule has 2 rings (SSSR count). The summed E-state index contributed by atoms with van der Waals surface area (Å²) in [6, 6.07) is 0.382. The molecule has 24 heavy (non-hydrogen) atoms. The highest BCUT2D eigenvalue weighted by molar-refractivity contribution is 5.72. The molecule has 138 valence electrons. The number of rotatable bonds is 9. The zero-order valence-electron chi connectivity index (χ0n) is 15.7. The van der Waals surface area contributed by atoms with Crippen LogP contribution in [0.5, 0.6) is 0 Å². The van der Waals surface area contributed by atoms with Crippen molar-refractivity contribution in [2.24, 2.45) is 16.8 Å². The lowest BCUT2D eigenvalue weighted by Crippen LogP contribution is -2.30. The molecule has 0 N–H and O–H groups in total. The molecule has 0 aromatic rings. The lowest BCUT2D eigenvalue weighted by molar-refractivity contribution is -0.157. The minimum atomic E-state index is 0.0754. The molecule has 0 spiro atoms. The number of carbonyl (C=O) groups excluding carboxylic acids is 1. The lowest BCUT2D eigenvalue weighted by Gasteiger charge is -2.30. The molecule has 0 aromatic heterocycles. The molecule has 0 atom stereocenters. The Bertz CT molecular complexity index is 366. The third-order valence-electron chi connectivity index (χ3n) is 6.08. The van der Waals surface area contributed by atoms with Crippen LogP contribution in [-0.2, 0) is 9.53 Å². The maximum Gasteiger partial charge on any atom is 0.309 e. The van der Waals surface area contributed by atoms with Crippen molar-refractivity contribution >= 4 is 12.7 Å². The fraction of sp³-hybridized carbons (Fsp3) is 0.905. The van der Waals surface area contributed by atoms with E-state index in [9.17, 15) is 4.79 Å². The topological polar surface area (TPSA) is 38.7 Å². The van der Waals surface area contributed by atoms with Gasteiger partial charge in [-0.1, -0.05) is 45.4 Å². The molecule has 0 amide bonds. The largest absolute Gasteiger partial charge is 0.462 e. The molecule has 2 saturated carbocycles. The van der Waals surface area contributed by atoms with E-state index in [1.54, 1.807) is 0 Å². The molecule has 2 aliphatic rings. The van der Waals surface area contributed by atoms with Crippen molar-refractivity contribution < 1.29 is 9.53 Å². The quantitative estimate of drug-likeness (QED) is 0.307. The summed E-state index contributed by atoms with van der Waals surface area (Å²) in [4.78, 5) is 16.5. The predicted molar refractivity (Wildman–Crippen MR) is 101 cm³/mol. The van der Waals surface area contributed by atoms with Crippen molar-refractivity contribution in [3.63, 3.8) is 0 Å². The van der Waals surface area contributed by atoms with Gasteiger partial charge in [0.1, 0.15) is 6.10 Å². The fourth-order valence-corrected chi connectivity index (χ4v) is 4.33. The Kier molecular flexibility index (Phi) is 8.83. The number of aliphatic imine (C=N–C) groups is 1. The van der Waals surface area contributed by atoms with Gasteiger partial charge in [0.15, 0.2) is 0 Å². The van der Waals surface area contributed by atoms with Crippen LogP contribution in [0.25, 0.3) is 0 Å². The third kappa shape index (κ3) is 6.57. The van der Waals surface area contributed by atoms with Crippen LogP contribution in [-0.4, -0.2) is 24.8 Å². The van der Waals surface area contributed by atoms with Gasteiger partial charge in [-0.25, -0.2) is 0 Å². The second-order valence-electron chi connectivity index (χ2n) is 7.97. The van der Waals surface area contributed by atoms with Crippen LogP contribution in [0.1, 0.15) is 96.8 Å². The van der Waals surface area contributed by atoms with Crippen LogP contribution in [0.4, 0.5) is 0 Å². The number of esters is 1. The van der Waals surface area contributed by atoms with Crippen molar-refractivity contribution in [2.75, 3.05) is 0 Å². The smallest absolute Gasteiger partial charge is 0.309 e. The van der Waals surface area contributed by atoms with Crippen LogP contribution in [0.2, 0.25) is 0 Å². The van der Waals surface area contributed by atoms with Gasteiger partial charge in [-0.3, -0.25) is 9.79 Å². The Morgan fingerprint density at radius 1 is 0.958 bits per heavy atom. The van der Waals surface area contributed by atoms with Gasteiger partial charge in [0.2, 0.25) is 0 Å². The van der Waals surface area contributed by atoms with E-state index in [0.29, 0.717) is 6.04 Å². The summed E-state index contributed by atoms with van der Waals surface area (Å²) in [6.45, 7) is 5.90. The zero-order chi connectivity index (χ0) is 17.2. The first-order valence-electron chi connectivity index (χ1n) is 10.4. The SMILES string of the molecule is C=NC1CCC(OC(=O)C2CCC(CCCCCCC)CC2)CC1. The van der Waals surface area contributed by atoms with E-state index in [-0.39, 0.29) is 18.0 Å². The molecule has 0 aliphatic heterocycles. The van der Waals surface area contributed by atoms with E-state index < -0.39 is 0 Å². The van der Waals surface area contributed by atoms with Crippen LogP contribution < -0.4 is 0 Å². The molecule has 0 unspecified atom stereocenters. The van der Waals surface area contributed by atoms with E-state index in [2.05, 4.69) is 18.6 Å². The van der Waals surface area contributed by atoms with Crippen molar-refractivity contribution in [3.8, 4) is 0 Å². The third-order valence-corrected chi connectivity index (χ3v) is 6.08. The number of hydrogen-bond donors (Lipinski definition) is 0. The highest BCUT2D eigenvalue weighted by Crippen LogP contribution is 2.34. The molecule has 2 aliphatic carbocycles. The van der Waals surface area contributed by atoms with E-state index in [1.807, 2.05) is 0 Å². The first kappa shape index (κ1) is 19.5. The Morgan fingerprint density at radius 3 is 2.25 bits per heavy atom. The molecule has 0 radical (unpaired) electrons. The van der Waals surface area contributed by atoms with Crippen molar-refractivity contribution in [2.45, 2.75) is 109 Å². The number of hydrogen-bond acceptors (Lipinski definition) is 3. The van der Waals surface area contributed by atoms with Crippen molar-refractivity contribution in [1.82, 2.24) is 0 Å². The van der Waals surface area contributed by atoms with Gasteiger partial charge in [0.25, 0.3) is 0 Å². The minimum absolute atomic E-state index is 0.0754. The van der Waals surface area contributed by atoms with Gasteiger partial charge in [-0.05, 0) is 64.0 Å². The average molecular weight is 336 g/mol. The van der Waals surface area contributed by atoms with Crippen LogP contribution >= 0.6 is 0 Å². The second-order valence-corrected chi connectivity index (χ2v) is 7.97. The van der Waals surface area contributed by atoms with E-state index in [0.717, 1.165) is 44.4 Å². The molecule has 0 heterocycles. The summed E-state index contributed by atoms with van der Waals surface area (Å²) in [5, 5.41) is 0. The fourth-order valence-electron chi connectivity index (χ4n) is 4.33. The normalized spacial score (nSPS) is 30.7. The van der Waals surface area contributed by atoms with Crippen LogP contribution in [0, 0.1) is 11.8 Å². The van der Waals surface area contributed by atoms with Crippen molar-refractivity contribution in [1.29, 1.82) is 0 Å². The second kappa shape index (κ2) is 10.9. The van der Waals surface area contributed by atoms with Crippen LogP contribution in [0.15, 0.2) is 4.99 Å². The summed E-state index contributed by atoms with van der Waals surface area (Å²) in [7, 11) is 0. The first-order valence-corrected chi connectivity index (χ1v) is 10.4. The lowest BCUT2D eigenvalue weighted by atomic mass is 9.79. The molecule has 3 heteroatoms. The highest BCUT2D eigenvalue weighted by atomic mass is 16.5. The standard InChI is InChI=1S/C21H37NO2/c1-3-4-5-6-7-8-17-9-11-18(12-10-17)21(23)24-20-15-13-19(22-2)14-16-20/h17-20H,2-16H2,1H3. The van der Waals surface area contributed by atoms with E-state index >= 15 is 0 Å². The predicted octanol–water partition coefficient (Wildman–Crippen LogP) is 5.71. The molecular formula is C21H37NO2. The van der Waals surface area contributed by atoms with E-state index in [4.69, 9.17) is 4.74 Å². The van der Waals surface area contributed by atoms with Gasteiger partial charge in [-0.15, -0.1) is 0 Å². The summed E-state index contributed by atoms with van der Waals surface area (Å²) >= 11 is 0. The van der Waals surface area contributed by atoms with Crippen LogP contribution in [0.3, 0.4) is 0 Å². The molecule has 0 saturated heterocycles. The highest BCUT2D eigenvalue weighted by Gasteiger charge is 2.30. The number of unbranched alkanes of at least 4 members (excludes halogenated alkanes) is 4. The summed E-state index contributed by atoms with van der Waals surface area (Å²) < 4.78 is 5.78. The molecule has 3 nitrogen and oxygen atoms in total. The average Bonchev–Trinajstić information content (AvgIpc) is 2.62. The maximum atomic E-state index is 12.4.